The lowest BCUT2D eigenvalue weighted by Crippen LogP contribution is -2.52. The van der Waals surface area contributed by atoms with Crippen LogP contribution in [0.3, 0.4) is 0 Å². The van der Waals surface area contributed by atoms with E-state index < -0.39 is 35.7 Å². The van der Waals surface area contributed by atoms with Crippen LogP contribution < -0.4 is 10.6 Å². The van der Waals surface area contributed by atoms with Crippen molar-refractivity contribution in [3.63, 3.8) is 0 Å². The zero-order valence-corrected chi connectivity index (χ0v) is 19.3. The van der Waals surface area contributed by atoms with Crippen LogP contribution in [0.4, 0.5) is 9.18 Å². The third-order valence-corrected chi connectivity index (χ3v) is 6.70. The fraction of sp³-hybridized carbons (Fsp3) is 0.417. The number of hydrogen-bond acceptors (Lipinski definition) is 7. The normalized spacial score (nSPS) is 18.8. The first-order valence-electron chi connectivity index (χ1n) is 11.7. The number of halogens is 1. The number of fused-ring (bicyclic) bond motifs is 2. The summed E-state index contributed by atoms with van der Waals surface area (Å²) in [5.74, 6) is -2.67. The van der Waals surface area contributed by atoms with Crippen molar-refractivity contribution in [3.05, 3.63) is 51.6 Å². The number of carbonyl (C=O) groups excluding carboxylic acids is 4. The minimum Gasteiger partial charge on any atom is -0.443 e. The minimum atomic E-state index is -0.932. The average Bonchev–Trinajstić information content (AvgIpc) is 3.43. The number of nitriles is 1. The van der Waals surface area contributed by atoms with Gasteiger partial charge in [0.1, 0.15) is 24.2 Å². The van der Waals surface area contributed by atoms with Gasteiger partial charge in [0.05, 0.1) is 17.2 Å². The average molecular weight is 494 g/mol. The van der Waals surface area contributed by atoms with Crippen LogP contribution >= 0.6 is 0 Å². The quantitative estimate of drug-likeness (QED) is 0.598. The molecule has 36 heavy (non-hydrogen) atoms. The lowest BCUT2D eigenvalue weighted by Gasteiger charge is -2.29. The van der Waals surface area contributed by atoms with Crippen molar-refractivity contribution >= 4 is 23.8 Å². The maximum Gasteiger partial charge on any atom is 0.407 e. The number of carbonyl (C=O) groups is 4. The van der Waals surface area contributed by atoms with E-state index in [4.69, 9.17) is 4.74 Å². The molecule has 1 fully saturated rings. The largest absolute Gasteiger partial charge is 0.443 e. The first-order chi connectivity index (χ1) is 17.4. The highest BCUT2D eigenvalue weighted by atomic mass is 19.1. The summed E-state index contributed by atoms with van der Waals surface area (Å²) in [6.45, 7) is 0.365. The van der Waals surface area contributed by atoms with E-state index in [9.17, 15) is 24.4 Å². The number of aromatic nitrogens is 2. The molecule has 2 N–H and O–H groups in total. The highest BCUT2D eigenvalue weighted by Crippen LogP contribution is 2.33. The van der Waals surface area contributed by atoms with Crippen molar-refractivity contribution in [2.24, 2.45) is 0 Å². The molecule has 186 valence electrons. The fourth-order valence-electron chi connectivity index (χ4n) is 4.89. The molecule has 0 radical (unpaired) electrons. The molecule has 0 saturated carbocycles. The molecule has 2 aromatic rings. The molecule has 1 aromatic heterocycles. The molecule has 4 heterocycles. The second-order valence-electron chi connectivity index (χ2n) is 9.00. The zero-order valence-electron chi connectivity index (χ0n) is 19.3. The molecule has 5 rings (SSSR count). The maximum absolute atomic E-state index is 15.4. The van der Waals surface area contributed by atoms with E-state index in [1.807, 2.05) is 16.8 Å². The number of benzene rings is 1. The van der Waals surface area contributed by atoms with E-state index in [-0.39, 0.29) is 54.8 Å². The summed E-state index contributed by atoms with van der Waals surface area (Å²) in [5, 5.41) is 18.6. The predicted octanol–water partition coefficient (Wildman–Crippen LogP) is 1.42. The maximum atomic E-state index is 15.4. The van der Waals surface area contributed by atoms with Gasteiger partial charge in [-0.3, -0.25) is 24.4 Å². The third kappa shape index (κ3) is 4.28. The van der Waals surface area contributed by atoms with Gasteiger partial charge in [0.15, 0.2) is 0 Å². The molecular formula is C24H23FN6O5. The molecule has 4 amide bonds. The van der Waals surface area contributed by atoms with Crippen molar-refractivity contribution in [1.82, 2.24) is 25.3 Å². The van der Waals surface area contributed by atoms with Gasteiger partial charge in [-0.05, 0) is 37.8 Å². The molecule has 1 saturated heterocycles. The van der Waals surface area contributed by atoms with Gasteiger partial charge >= 0.3 is 6.09 Å². The zero-order chi connectivity index (χ0) is 25.4. The van der Waals surface area contributed by atoms with Crippen LogP contribution in [0.15, 0.2) is 12.1 Å². The first-order valence-corrected chi connectivity index (χ1v) is 11.7. The number of imide groups is 1. The smallest absolute Gasteiger partial charge is 0.407 e. The molecular weight excluding hydrogens is 471 g/mol. The Hall–Kier alpha value is -4.27. The van der Waals surface area contributed by atoms with E-state index >= 15 is 4.39 Å². The van der Waals surface area contributed by atoms with E-state index in [1.165, 1.54) is 11.0 Å². The Morgan fingerprint density at radius 3 is 2.86 bits per heavy atom. The predicted molar refractivity (Wildman–Crippen MR) is 119 cm³/mol. The van der Waals surface area contributed by atoms with Gasteiger partial charge in [0.25, 0.3) is 5.91 Å². The van der Waals surface area contributed by atoms with Gasteiger partial charge in [0.2, 0.25) is 11.8 Å². The van der Waals surface area contributed by atoms with E-state index in [0.29, 0.717) is 5.69 Å². The number of ether oxygens (including phenoxy) is 1. The second-order valence-corrected chi connectivity index (χ2v) is 9.00. The summed E-state index contributed by atoms with van der Waals surface area (Å²) in [7, 11) is 0. The Morgan fingerprint density at radius 1 is 1.28 bits per heavy atom. The van der Waals surface area contributed by atoms with Gasteiger partial charge in [0, 0.05) is 42.9 Å². The molecule has 1 atom stereocenters. The van der Waals surface area contributed by atoms with Crippen molar-refractivity contribution in [1.29, 1.82) is 5.26 Å². The number of nitrogens with one attached hydrogen (secondary N) is 2. The van der Waals surface area contributed by atoms with Crippen molar-refractivity contribution in [3.8, 4) is 6.07 Å². The van der Waals surface area contributed by atoms with Gasteiger partial charge < -0.3 is 15.0 Å². The van der Waals surface area contributed by atoms with E-state index in [2.05, 4.69) is 15.7 Å². The van der Waals surface area contributed by atoms with Crippen LogP contribution in [0.5, 0.6) is 0 Å². The second kappa shape index (κ2) is 9.41. The standard InChI is InChI=1S/C24H23FN6O5/c25-21-14(10-27-24(35)36-12-15-8-16-3-1-2-6-31(16)29-15)7-13(9-26)17-11-30(23(34)20(17)21)18-4-5-19(32)28-22(18)33/h7-8,18H,1-6,10-12H2,(H,27,35)(H,28,32,33). The monoisotopic (exact) mass is 494 g/mol. The van der Waals surface area contributed by atoms with Crippen LogP contribution in [-0.2, 0) is 47.0 Å². The molecule has 0 spiro atoms. The fourth-order valence-corrected chi connectivity index (χ4v) is 4.89. The Morgan fingerprint density at radius 2 is 2.11 bits per heavy atom. The van der Waals surface area contributed by atoms with E-state index in [1.54, 1.807) is 0 Å². The van der Waals surface area contributed by atoms with Crippen molar-refractivity contribution < 1.29 is 28.3 Å². The van der Waals surface area contributed by atoms with Crippen LogP contribution in [0, 0.1) is 17.1 Å². The highest BCUT2D eigenvalue weighted by molar-refractivity contribution is 6.05. The van der Waals surface area contributed by atoms with Crippen LogP contribution in [-0.4, -0.2) is 44.5 Å². The summed E-state index contributed by atoms with van der Waals surface area (Å²) in [4.78, 5) is 50.1. The lowest BCUT2D eigenvalue weighted by atomic mass is 9.99. The summed E-state index contributed by atoms with van der Waals surface area (Å²) < 4.78 is 22.5. The first kappa shape index (κ1) is 23.5. The lowest BCUT2D eigenvalue weighted by molar-refractivity contribution is -0.136. The van der Waals surface area contributed by atoms with Crippen LogP contribution in [0.1, 0.15) is 64.1 Å². The van der Waals surface area contributed by atoms with Crippen molar-refractivity contribution in [2.45, 2.75) is 64.4 Å². The summed E-state index contributed by atoms with van der Waals surface area (Å²) in [6.07, 6.45) is 2.46. The third-order valence-electron chi connectivity index (χ3n) is 6.70. The van der Waals surface area contributed by atoms with Crippen LogP contribution in [0.25, 0.3) is 0 Å². The number of amides is 4. The Balaban J connectivity index is 1.26. The molecule has 12 heteroatoms. The van der Waals surface area contributed by atoms with Gasteiger partial charge in [-0.15, -0.1) is 0 Å². The number of alkyl carbamates (subject to hydrolysis) is 1. The highest BCUT2D eigenvalue weighted by Gasteiger charge is 2.42. The molecule has 3 aliphatic heterocycles. The van der Waals surface area contributed by atoms with Gasteiger partial charge in [-0.1, -0.05) is 0 Å². The number of rotatable bonds is 5. The minimum absolute atomic E-state index is 0.0403. The summed E-state index contributed by atoms with van der Waals surface area (Å²) in [6, 6.07) is 4.20. The number of piperidine rings is 1. The molecule has 3 aliphatic rings. The van der Waals surface area contributed by atoms with Gasteiger partial charge in [-0.2, -0.15) is 10.4 Å². The molecule has 0 bridgehead atoms. The molecule has 1 aromatic carbocycles. The summed E-state index contributed by atoms with van der Waals surface area (Å²) in [5.41, 5.74) is 1.62. The van der Waals surface area contributed by atoms with Crippen LogP contribution in [0.2, 0.25) is 0 Å². The molecule has 1 unspecified atom stereocenters. The van der Waals surface area contributed by atoms with E-state index in [0.717, 1.165) is 31.5 Å². The number of nitrogens with zero attached hydrogens (tertiary/aromatic N) is 4. The topological polar surface area (TPSA) is 146 Å². The Labute approximate surface area is 205 Å². The summed E-state index contributed by atoms with van der Waals surface area (Å²) >= 11 is 0. The molecule has 0 aliphatic carbocycles. The SMILES string of the molecule is N#Cc1cc(CNC(=O)OCc2cc3n(n2)CCCC3)c(F)c2c1CN(C1CCC(=O)NC1=O)C2=O. The number of hydrogen-bond donors (Lipinski definition) is 2. The Kier molecular flexibility index (Phi) is 6.13. The van der Waals surface area contributed by atoms with Gasteiger partial charge in [-0.25, -0.2) is 9.18 Å². The van der Waals surface area contributed by atoms with Crippen molar-refractivity contribution in [2.75, 3.05) is 0 Å². The number of aryl methyl sites for hydroxylation is 2. The molecule has 11 nitrogen and oxygen atoms in total. The Bertz CT molecular complexity index is 1310.